The van der Waals surface area contributed by atoms with Gasteiger partial charge in [0, 0.05) is 24.7 Å². The molecule has 1 heterocycles. The molecule has 1 saturated heterocycles. The summed E-state index contributed by atoms with van der Waals surface area (Å²) in [5, 5.41) is 0. The molecule has 3 nitrogen and oxygen atoms in total. The maximum Gasteiger partial charge on any atom is 0.302 e. The third-order valence-corrected chi connectivity index (χ3v) is 11.1. The fourth-order valence-corrected chi connectivity index (χ4v) is 9.91. The second-order valence-corrected chi connectivity index (χ2v) is 12.5. The molecule has 0 bridgehead atoms. The number of allylic oxidation sites excluding steroid dienone is 1. The van der Waals surface area contributed by atoms with Crippen LogP contribution >= 0.6 is 11.8 Å². The highest BCUT2D eigenvalue weighted by Crippen LogP contribution is 2.71. The van der Waals surface area contributed by atoms with Crippen molar-refractivity contribution in [2.75, 3.05) is 12.4 Å². The first-order valence-corrected chi connectivity index (χ1v) is 13.0. The molecule has 4 aliphatic carbocycles. The van der Waals surface area contributed by atoms with E-state index in [9.17, 15) is 4.79 Å². The largest absolute Gasteiger partial charge is 0.462 e. The Morgan fingerprint density at radius 3 is 2.79 bits per heavy atom. The van der Waals surface area contributed by atoms with Gasteiger partial charge in [0.25, 0.3) is 0 Å². The Kier molecular flexibility index (Phi) is 4.94. The molecule has 0 aromatic heterocycles. The molecule has 4 fully saturated rings. The standard InChI is InChI=1S/C25H38O3S/c1-5-29-24(4)22-9-8-21-19-7-6-17-14-18(28-16(2)26)10-12-23(17,3)20(19)11-13-25(21,22)15-27-24/h6,18-22H,5,7-15H2,1-4H3/t18-,19+,20-,21-,22+,23-,24?,25+/m0/s1. The second kappa shape index (κ2) is 7.02. The Labute approximate surface area is 180 Å². The lowest BCUT2D eigenvalue weighted by Gasteiger charge is -2.57. The first-order valence-electron chi connectivity index (χ1n) is 12.0. The van der Waals surface area contributed by atoms with Gasteiger partial charge in [-0.15, -0.1) is 11.8 Å². The van der Waals surface area contributed by atoms with Crippen molar-refractivity contribution in [1.29, 1.82) is 0 Å². The van der Waals surface area contributed by atoms with Crippen LogP contribution in [0.15, 0.2) is 11.6 Å². The monoisotopic (exact) mass is 418 g/mol. The number of hydrogen-bond donors (Lipinski definition) is 0. The van der Waals surface area contributed by atoms with Crippen molar-refractivity contribution in [1.82, 2.24) is 0 Å². The van der Waals surface area contributed by atoms with Crippen LogP contribution in [-0.2, 0) is 14.3 Å². The Morgan fingerprint density at radius 2 is 2.03 bits per heavy atom. The second-order valence-electron chi connectivity index (χ2n) is 10.9. The lowest BCUT2D eigenvalue weighted by molar-refractivity contribution is -0.148. The van der Waals surface area contributed by atoms with E-state index in [-0.39, 0.29) is 17.0 Å². The van der Waals surface area contributed by atoms with Gasteiger partial charge in [-0.2, -0.15) is 0 Å². The van der Waals surface area contributed by atoms with Crippen molar-refractivity contribution in [2.45, 2.75) is 90.1 Å². The summed E-state index contributed by atoms with van der Waals surface area (Å²) in [5.41, 5.74) is 2.35. The van der Waals surface area contributed by atoms with Gasteiger partial charge < -0.3 is 9.47 Å². The molecule has 162 valence electrons. The summed E-state index contributed by atoms with van der Waals surface area (Å²) < 4.78 is 12.2. The van der Waals surface area contributed by atoms with Gasteiger partial charge in [-0.3, -0.25) is 4.79 Å². The quantitative estimate of drug-likeness (QED) is 0.417. The van der Waals surface area contributed by atoms with Gasteiger partial charge in [0.1, 0.15) is 11.0 Å². The zero-order chi connectivity index (χ0) is 20.4. The van der Waals surface area contributed by atoms with Crippen LogP contribution < -0.4 is 0 Å². The van der Waals surface area contributed by atoms with Crippen molar-refractivity contribution in [3.63, 3.8) is 0 Å². The number of fused-ring (bicyclic) bond motifs is 4. The topological polar surface area (TPSA) is 35.5 Å². The predicted octanol–water partition coefficient (Wildman–Crippen LogP) is 5.98. The third kappa shape index (κ3) is 2.91. The van der Waals surface area contributed by atoms with E-state index in [4.69, 9.17) is 9.47 Å². The van der Waals surface area contributed by atoms with Crippen molar-refractivity contribution < 1.29 is 14.3 Å². The van der Waals surface area contributed by atoms with E-state index in [1.165, 1.54) is 38.5 Å². The fourth-order valence-electron chi connectivity index (χ4n) is 8.64. The molecule has 5 rings (SSSR count). The zero-order valence-electron chi connectivity index (χ0n) is 18.7. The van der Waals surface area contributed by atoms with E-state index < -0.39 is 0 Å². The minimum absolute atomic E-state index is 0.0397. The molecule has 1 spiro atoms. The van der Waals surface area contributed by atoms with Gasteiger partial charge in [0.05, 0.1) is 6.61 Å². The van der Waals surface area contributed by atoms with E-state index in [0.29, 0.717) is 10.8 Å². The Balaban J connectivity index is 1.40. The molecule has 29 heavy (non-hydrogen) atoms. The maximum atomic E-state index is 11.5. The van der Waals surface area contributed by atoms with Gasteiger partial charge in [0.15, 0.2) is 0 Å². The summed E-state index contributed by atoms with van der Waals surface area (Å²) in [6.07, 6.45) is 12.6. The van der Waals surface area contributed by atoms with Gasteiger partial charge in [0.2, 0.25) is 0 Å². The molecule has 5 aliphatic rings. The van der Waals surface area contributed by atoms with Crippen LogP contribution in [-0.4, -0.2) is 29.4 Å². The summed E-state index contributed by atoms with van der Waals surface area (Å²) in [5.74, 6) is 4.23. The molecule has 0 radical (unpaired) electrons. The number of hydrogen-bond acceptors (Lipinski definition) is 4. The highest BCUT2D eigenvalue weighted by molar-refractivity contribution is 8.00. The Hall–Kier alpha value is -0.480. The lowest BCUT2D eigenvalue weighted by atomic mass is 9.47. The highest BCUT2D eigenvalue weighted by Gasteiger charge is 2.67. The highest BCUT2D eigenvalue weighted by atomic mass is 32.2. The van der Waals surface area contributed by atoms with Crippen LogP contribution in [0.5, 0.6) is 0 Å². The van der Waals surface area contributed by atoms with E-state index in [0.717, 1.165) is 48.9 Å². The first-order chi connectivity index (χ1) is 13.8. The summed E-state index contributed by atoms with van der Waals surface area (Å²) in [7, 11) is 0. The Bertz CT molecular complexity index is 719. The lowest BCUT2D eigenvalue weighted by Crippen LogP contribution is -2.52. The molecular formula is C25H38O3S. The number of rotatable bonds is 3. The van der Waals surface area contributed by atoms with Crippen LogP contribution in [0.4, 0.5) is 0 Å². The molecule has 1 aliphatic heterocycles. The fraction of sp³-hybridized carbons (Fsp3) is 0.880. The summed E-state index contributed by atoms with van der Waals surface area (Å²) in [6.45, 7) is 9.73. The van der Waals surface area contributed by atoms with Crippen molar-refractivity contribution >= 4 is 17.7 Å². The molecule has 0 aromatic rings. The van der Waals surface area contributed by atoms with Gasteiger partial charge in [-0.05, 0) is 80.8 Å². The van der Waals surface area contributed by atoms with Crippen LogP contribution in [0, 0.1) is 34.5 Å². The van der Waals surface area contributed by atoms with E-state index in [2.05, 4.69) is 26.8 Å². The average molecular weight is 419 g/mol. The molecule has 4 heteroatoms. The molecule has 0 aromatic carbocycles. The molecule has 8 atom stereocenters. The van der Waals surface area contributed by atoms with Gasteiger partial charge in [-0.1, -0.05) is 25.5 Å². The molecule has 1 unspecified atom stereocenters. The average Bonchev–Trinajstić information content (AvgIpc) is 3.18. The number of ether oxygens (including phenoxy) is 2. The first kappa shape index (κ1) is 20.4. The number of carbonyl (C=O) groups excluding carboxylic acids is 1. The molecule has 3 saturated carbocycles. The summed E-state index contributed by atoms with van der Waals surface area (Å²) >= 11 is 2.04. The number of thioether (sulfide) groups is 1. The van der Waals surface area contributed by atoms with Crippen LogP contribution in [0.25, 0.3) is 0 Å². The van der Waals surface area contributed by atoms with Gasteiger partial charge >= 0.3 is 5.97 Å². The summed E-state index contributed by atoms with van der Waals surface area (Å²) in [6, 6.07) is 0. The minimum Gasteiger partial charge on any atom is -0.462 e. The third-order valence-electron chi connectivity index (χ3n) is 9.80. The number of esters is 1. The normalized spacial score (nSPS) is 50.8. The van der Waals surface area contributed by atoms with Crippen molar-refractivity contribution in [2.24, 2.45) is 34.5 Å². The zero-order valence-corrected chi connectivity index (χ0v) is 19.5. The van der Waals surface area contributed by atoms with Crippen LogP contribution in [0.3, 0.4) is 0 Å². The molecule has 0 amide bonds. The van der Waals surface area contributed by atoms with Gasteiger partial charge in [-0.25, -0.2) is 0 Å². The minimum atomic E-state index is -0.126. The number of carbonyl (C=O) groups is 1. The maximum absolute atomic E-state index is 11.5. The van der Waals surface area contributed by atoms with E-state index in [1.807, 2.05) is 11.8 Å². The molecule has 0 N–H and O–H groups in total. The predicted molar refractivity (Wildman–Crippen MR) is 118 cm³/mol. The van der Waals surface area contributed by atoms with Crippen molar-refractivity contribution in [3.05, 3.63) is 11.6 Å². The smallest absolute Gasteiger partial charge is 0.302 e. The summed E-state index contributed by atoms with van der Waals surface area (Å²) in [4.78, 5) is 11.5. The molecular weight excluding hydrogens is 380 g/mol. The van der Waals surface area contributed by atoms with E-state index in [1.54, 1.807) is 12.5 Å². The SMILES string of the molecule is CCSC1(C)OC[C@]23CC[C@H]4[C@@H](CC=C5C[C@@H](OC(C)=O)CC[C@@]54C)[C@@H]2CC[C@H]13. The Morgan fingerprint density at radius 1 is 1.21 bits per heavy atom. The van der Waals surface area contributed by atoms with Crippen LogP contribution in [0.1, 0.15) is 79.1 Å². The van der Waals surface area contributed by atoms with Crippen molar-refractivity contribution in [3.8, 4) is 0 Å². The van der Waals surface area contributed by atoms with E-state index >= 15 is 0 Å². The van der Waals surface area contributed by atoms with Crippen LogP contribution in [0.2, 0.25) is 0 Å².